The number of rotatable bonds is 6. The molecule has 20 heavy (non-hydrogen) atoms. The molecule has 0 amide bonds. The topological polar surface area (TPSA) is 15.3 Å². The highest BCUT2D eigenvalue weighted by atomic mass is 15.2. The lowest BCUT2D eigenvalue weighted by molar-refractivity contribution is 0.143. The van der Waals surface area contributed by atoms with E-state index >= 15 is 0 Å². The largest absolute Gasteiger partial charge is 0.308 e. The van der Waals surface area contributed by atoms with Gasteiger partial charge in [0.25, 0.3) is 0 Å². The van der Waals surface area contributed by atoms with E-state index < -0.39 is 0 Å². The van der Waals surface area contributed by atoms with Crippen molar-refractivity contribution in [1.29, 1.82) is 0 Å². The fraction of sp³-hybridized carbons (Fsp3) is 0.667. The predicted octanol–water partition coefficient (Wildman–Crippen LogP) is 4.20. The molecule has 0 unspecified atom stereocenters. The van der Waals surface area contributed by atoms with Crippen LogP contribution in [0.3, 0.4) is 0 Å². The maximum Gasteiger partial charge on any atom is 0.0235 e. The van der Waals surface area contributed by atoms with E-state index in [4.69, 9.17) is 0 Å². The lowest BCUT2D eigenvalue weighted by atomic mass is 9.99. The molecule has 1 rings (SSSR count). The van der Waals surface area contributed by atoms with E-state index in [0.29, 0.717) is 0 Å². The molecule has 0 heterocycles. The Morgan fingerprint density at radius 3 is 1.90 bits per heavy atom. The van der Waals surface area contributed by atoms with E-state index in [2.05, 4.69) is 83.1 Å². The van der Waals surface area contributed by atoms with Gasteiger partial charge in [0.05, 0.1) is 0 Å². The Balaban J connectivity index is 2.59. The molecule has 0 atom stereocenters. The van der Waals surface area contributed by atoms with Crippen LogP contribution in [-0.2, 0) is 13.1 Å². The second-order valence-electron chi connectivity index (χ2n) is 7.44. The van der Waals surface area contributed by atoms with Gasteiger partial charge in [-0.2, -0.15) is 0 Å². The van der Waals surface area contributed by atoms with Crippen molar-refractivity contribution >= 4 is 0 Å². The van der Waals surface area contributed by atoms with Gasteiger partial charge in [-0.25, -0.2) is 0 Å². The highest BCUT2D eigenvalue weighted by molar-refractivity contribution is 5.22. The SMILES string of the molecule is CCC(C)(C)N(C)Cc1ccc(CNC(C)(C)C)cc1. The second-order valence-corrected chi connectivity index (χ2v) is 7.44. The summed E-state index contributed by atoms with van der Waals surface area (Å²) in [5, 5.41) is 3.52. The van der Waals surface area contributed by atoms with Crippen LogP contribution < -0.4 is 5.32 Å². The molecule has 0 aliphatic carbocycles. The number of benzene rings is 1. The van der Waals surface area contributed by atoms with Gasteiger partial charge in [-0.15, -0.1) is 0 Å². The van der Waals surface area contributed by atoms with Crippen LogP contribution in [0.1, 0.15) is 59.1 Å². The third-order valence-corrected chi connectivity index (χ3v) is 4.16. The summed E-state index contributed by atoms with van der Waals surface area (Å²) >= 11 is 0. The first-order valence-electron chi connectivity index (χ1n) is 7.68. The van der Waals surface area contributed by atoms with Gasteiger partial charge in [-0.1, -0.05) is 31.2 Å². The molecule has 0 bridgehead atoms. The van der Waals surface area contributed by atoms with Crippen LogP contribution in [-0.4, -0.2) is 23.0 Å². The Morgan fingerprint density at radius 1 is 0.950 bits per heavy atom. The van der Waals surface area contributed by atoms with Crippen molar-refractivity contribution in [3.05, 3.63) is 35.4 Å². The average molecular weight is 276 g/mol. The van der Waals surface area contributed by atoms with E-state index in [1.54, 1.807) is 0 Å². The summed E-state index contributed by atoms with van der Waals surface area (Å²) in [7, 11) is 2.21. The van der Waals surface area contributed by atoms with Gasteiger partial charge in [-0.05, 0) is 59.2 Å². The third-order valence-electron chi connectivity index (χ3n) is 4.16. The molecule has 2 heteroatoms. The van der Waals surface area contributed by atoms with E-state index in [0.717, 1.165) is 19.5 Å². The number of hydrogen-bond acceptors (Lipinski definition) is 2. The average Bonchev–Trinajstić information content (AvgIpc) is 2.37. The molecule has 0 aliphatic rings. The van der Waals surface area contributed by atoms with Crippen molar-refractivity contribution in [3.63, 3.8) is 0 Å². The molecule has 114 valence electrons. The van der Waals surface area contributed by atoms with Crippen LogP contribution in [0.4, 0.5) is 0 Å². The van der Waals surface area contributed by atoms with Crippen LogP contribution in [0.5, 0.6) is 0 Å². The monoisotopic (exact) mass is 276 g/mol. The summed E-state index contributed by atoms with van der Waals surface area (Å²) in [4.78, 5) is 2.43. The number of nitrogens with one attached hydrogen (secondary N) is 1. The Kier molecular flexibility index (Phi) is 5.79. The van der Waals surface area contributed by atoms with Crippen molar-refractivity contribution in [1.82, 2.24) is 10.2 Å². The van der Waals surface area contributed by atoms with Crippen molar-refractivity contribution < 1.29 is 0 Å². The normalized spacial score (nSPS) is 13.0. The predicted molar refractivity (Wildman–Crippen MR) is 88.9 cm³/mol. The molecule has 0 radical (unpaired) electrons. The lowest BCUT2D eigenvalue weighted by Crippen LogP contribution is -2.39. The molecule has 1 N–H and O–H groups in total. The van der Waals surface area contributed by atoms with E-state index in [1.165, 1.54) is 11.1 Å². The minimum absolute atomic E-state index is 0.171. The van der Waals surface area contributed by atoms with Gasteiger partial charge in [0, 0.05) is 24.2 Å². The summed E-state index contributed by atoms with van der Waals surface area (Å²) in [6.07, 6.45) is 1.16. The number of hydrogen-bond donors (Lipinski definition) is 1. The molecule has 2 nitrogen and oxygen atoms in total. The van der Waals surface area contributed by atoms with Gasteiger partial charge in [0.2, 0.25) is 0 Å². The summed E-state index contributed by atoms with van der Waals surface area (Å²) in [5.41, 5.74) is 3.16. The van der Waals surface area contributed by atoms with Crippen LogP contribution in [0.15, 0.2) is 24.3 Å². The molecule has 0 saturated heterocycles. The fourth-order valence-electron chi connectivity index (χ4n) is 1.89. The summed E-state index contributed by atoms with van der Waals surface area (Å²) in [6, 6.07) is 8.98. The zero-order valence-electron chi connectivity index (χ0n) is 14.4. The smallest absolute Gasteiger partial charge is 0.0235 e. The van der Waals surface area contributed by atoms with E-state index in [-0.39, 0.29) is 11.1 Å². The maximum atomic E-state index is 3.52. The Hall–Kier alpha value is -0.860. The van der Waals surface area contributed by atoms with Crippen molar-refractivity contribution in [2.75, 3.05) is 7.05 Å². The zero-order valence-corrected chi connectivity index (χ0v) is 14.4. The highest BCUT2D eigenvalue weighted by Crippen LogP contribution is 2.19. The zero-order chi connectivity index (χ0) is 15.4. The first kappa shape index (κ1) is 17.2. The molecule has 0 aromatic heterocycles. The minimum atomic E-state index is 0.171. The van der Waals surface area contributed by atoms with Crippen LogP contribution in [0.2, 0.25) is 0 Å². The molecule has 1 aromatic carbocycles. The van der Waals surface area contributed by atoms with Gasteiger partial charge < -0.3 is 5.32 Å². The quantitative estimate of drug-likeness (QED) is 0.838. The molecule has 0 saturated carbocycles. The first-order chi connectivity index (χ1) is 9.14. The van der Waals surface area contributed by atoms with E-state index in [1.807, 2.05) is 0 Å². The first-order valence-corrected chi connectivity index (χ1v) is 7.68. The van der Waals surface area contributed by atoms with Gasteiger partial charge in [0.1, 0.15) is 0 Å². The highest BCUT2D eigenvalue weighted by Gasteiger charge is 2.20. The summed E-state index contributed by atoms with van der Waals surface area (Å²) < 4.78 is 0. The standard InChI is InChI=1S/C18H32N2/c1-8-18(5,6)20(7)14-16-11-9-15(10-12-16)13-19-17(2,3)4/h9-12,19H,8,13-14H2,1-7H3. The fourth-order valence-corrected chi connectivity index (χ4v) is 1.89. The lowest BCUT2D eigenvalue weighted by Gasteiger charge is -2.34. The summed E-state index contributed by atoms with van der Waals surface area (Å²) in [5.74, 6) is 0. The Labute approximate surface area is 125 Å². The molecular formula is C18H32N2. The van der Waals surface area contributed by atoms with Crippen molar-refractivity contribution in [2.45, 2.75) is 72.1 Å². The molecule has 0 spiro atoms. The second kappa shape index (κ2) is 6.73. The van der Waals surface area contributed by atoms with Gasteiger partial charge in [0.15, 0.2) is 0 Å². The van der Waals surface area contributed by atoms with Gasteiger partial charge >= 0.3 is 0 Å². The molecular weight excluding hydrogens is 244 g/mol. The number of nitrogens with zero attached hydrogens (tertiary/aromatic N) is 1. The molecule has 1 aromatic rings. The van der Waals surface area contributed by atoms with E-state index in [9.17, 15) is 0 Å². The van der Waals surface area contributed by atoms with Crippen LogP contribution in [0, 0.1) is 0 Å². The Morgan fingerprint density at radius 2 is 1.45 bits per heavy atom. The summed E-state index contributed by atoms with van der Waals surface area (Å²) in [6.45, 7) is 15.4. The Bertz CT molecular complexity index is 398. The van der Waals surface area contributed by atoms with Crippen molar-refractivity contribution in [2.24, 2.45) is 0 Å². The van der Waals surface area contributed by atoms with Crippen LogP contribution in [0.25, 0.3) is 0 Å². The third kappa shape index (κ3) is 5.64. The molecule has 0 fully saturated rings. The molecule has 0 aliphatic heterocycles. The maximum absolute atomic E-state index is 3.52. The van der Waals surface area contributed by atoms with Crippen LogP contribution >= 0.6 is 0 Å². The van der Waals surface area contributed by atoms with Gasteiger partial charge in [-0.3, -0.25) is 4.90 Å². The van der Waals surface area contributed by atoms with Crippen molar-refractivity contribution in [3.8, 4) is 0 Å². The minimum Gasteiger partial charge on any atom is -0.308 e.